The molecule has 2 saturated carbocycles. The molecule has 4 aromatic rings. The molecule has 2 amide bonds. The lowest BCUT2D eigenvalue weighted by Crippen LogP contribution is -2.48. The number of nitrogens with zero attached hydrogens (tertiary/aromatic N) is 2. The lowest BCUT2D eigenvalue weighted by Gasteiger charge is -2.45. The Balaban J connectivity index is 0.000000194. The number of benzene rings is 4. The molecule has 4 aliphatic heterocycles. The number of carbonyl (C=O) groups excluding carboxylic acids is 2. The van der Waals surface area contributed by atoms with Crippen molar-refractivity contribution in [2.24, 2.45) is 47.3 Å². The van der Waals surface area contributed by atoms with E-state index in [9.17, 15) is 46.2 Å². The first-order chi connectivity index (χ1) is 41.9. The Morgan fingerprint density at radius 1 is 0.562 bits per heavy atom. The van der Waals surface area contributed by atoms with Crippen LogP contribution in [0.3, 0.4) is 0 Å². The molecule has 12 rings (SSSR count). The minimum atomic E-state index is -4.00. The Kier molecular flexibility index (Phi) is 20.1. The number of hydrogen-bond acceptors (Lipinski definition) is 12. The van der Waals surface area contributed by atoms with E-state index in [1.807, 2.05) is 26.0 Å². The number of aliphatic carboxylic acids is 2. The Labute approximate surface area is 536 Å². The first kappa shape index (κ1) is 66.4. The molecule has 0 radical (unpaired) electrons. The van der Waals surface area contributed by atoms with Gasteiger partial charge in [-0.25, -0.2) is 26.3 Å². The number of rotatable bonds is 4. The van der Waals surface area contributed by atoms with Gasteiger partial charge in [0.2, 0.25) is 20.0 Å². The molecule has 12 atom stereocenters. The maximum Gasteiger partial charge on any atom is 0.303 e. The zero-order valence-corrected chi connectivity index (χ0v) is 54.3. The average Bonchev–Trinajstić information content (AvgIpc) is 1.94. The lowest BCUT2D eigenvalue weighted by atomic mass is 9.68. The van der Waals surface area contributed by atoms with Crippen molar-refractivity contribution in [3.63, 3.8) is 0 Å². The number of fused-ring (bicyclic) bond motifs is 8. The molecular formula is C69H90Cl2N4O12S2. The van der Waals surface area contributed by atoms with Gasteiger partial charge < -0.3 is 29.5 Å². The highest BCUT2D eigenvalue weighted by molar-refractivity contribution is 7.91. The Bertz CT molecular complexity index is 3320. The molecular weight excluding hydrogens is 1210 g/mol. The monoisotopic (exact) mass is 1300 g/mol. The van der Waals surface area contributed by atoms with Gasteiger partial charge in [0.25, 0.3) is 11.8 Å². The molecule has 0 unspecified atom stereocenters. The molecule has 16 nitrogen and oxygen atoms in total. The van der Waals surface area contributed by atoms with Crippen LogP contribution in [0.2, 0.25) is 10.0 Å². The van der Waals surface area contributed by atoms with Gasteiger partial charge in [-0.3, -0.25) is 19.2 Å². The SMILES string of the molecule is C.C[C@@H]1[C@@H](C)C[C@@H](CC(=O)O)CC[C@@H]2CC[C@H]2CN2C[C@@]3(CCCc4cc(Cl)ccc43)COc3ccc(cc32)C(=O)NS1(=O)=O.C[C@@H]1[C@@H](C)C[C@H](CC(=O)O)CC[C@@H]2CC[C@H]2CN2C[C@@]3(CCCc4cc(Cl)ccc43)COc3ccc(cc32)C(=O)NS1(=O)=O. The fraction of sp³-hybridized carbons (Fsp3) is 0.594. The van der Waals surface area contributed by atoms with Gasteiger partial charge in [0, 0.05) is 71.0 Å². The molecule has 4 aliphatic carbocycles. The second-order valence-electron chi connectivity index (χ2n) is 27.6. The zero-order valence-electron chi connectivity index (χ0n) is 51.1. The van der Waals surface area contributed by atoms with Crippen molar-refractivity contribution in [1.29, 1.82) is 0 Å². The smallest absolute Gasteiger partial charge is 0.303 e. The zero-order chi connectivity index (χ0) is 62.5. The van der Waals surface area contributed by atoms with Crippen molar-refractivity contribution < 1.29 is 55.7 Å². The predicted octanol–water partition coefficient (Wildman–Crippen LogP) is 13.0. The fourth-order valence-corrected chi connectivity index (χ4v) is 19.2. The Morgan fingerprint density at radius 3 is 1.31 bits per heavy atom. The molecule has 4 N–H and O–H groups in total. The van der Waals surface area contributed by atoms with Crippen LogP contribution < -0.4 is 28.7 Å². The van der Waals surface area contributed by atoms with Crippen molar-refractivity contribution >= 4 is 78.4 Å². The molecule has 20 heteroatoms. The molecule has 2 fully saturated rings. The van der Waals surface area contributed by atoms with Gasteiger partial charge in [0.15, 0.2) is 0 Å². The normalized spacial score (nSPS) is 31.5. The summed E-state index contributed by atoms with van der Waals surface area (Å²) in [6.45, 7) is 10.9. The van der Waals surface area contributed by atoms with E-state index in [0.29, 0.717) is 61.2 Å². The van der Waals surface area contributed by atoms with E-state index in [2.05, 4.69) is 43.5 Å². The third-order valence-corrected chi connectivity index (χ3v) is 26.2. The number of ether oxygens (including phenoxy) is 2. The highest BCUT2D eigenvalue weighted by atomic mass is 35.5. The molecule has 0 aromatic heterocycles. The summed E-state index contributed by atoms with van der Waals surface area (Å²) in [6, 6.07) is 22.8. The number of amides is 2. The van der Waals surface area contributed by atoms with E-state index >= 15 is 0 Å². The van der Waals surface area contributed by atoms with Gasteiger partial charge in [0.1, 0.15) is 11.5 Å². The molecule has 4 heterocycles. The average molecular weight is 1300 g/mol. The van der Waals surface area contributed by atoms with Crippen LogP contribution in [0.25, 0.3) is 0 Å². The van der Waals surface area contributed by atoms with Crippen molar-refractivity contribution in [1.82, 2.24) is 9.44 Å². The molecule has 4 aromatic carbocycles. The molecule has 2 spiro atoms. The van der Waals surface area contributed by atoms with Crippen LogP contribution in [0, 0.1) is 47.3 Å². The molecule has 484 valence electrons. The van der Waals surface area contributed by atoms with Crippen molar-refractivity contribution in [2.45, 2.75) is 172 Å². The fourth-order valence-electron chi connectivity index (χ4n) is 16.2. The summed E-state index contributed by atoms with van der Waals surface area (Å²) < 4.78 is 71.1. The lowest BCUT2D eigenvalue weighted by molar-refractivity contribution is -0.139. The van der Waals surface area contributed by atoms with Crippen LogP contribution in [0.15, 0.2) is 72.8 Å². The summed E-state index contributed by atoms with van der Waals surface area (Å²) >= 11 is 12.8. The number of carbonyl (C=O) groups is 4. The van der Waals surface area contributed by atoms with Crippen LogP contribution >= 0.6 is 23.2 Å². The number of nitrogens with one attached hydrogen (secondary N) is 2. The van der Waals surface area contributed by atoms with E-state index in [1.54, 1.807) is 50.2 Å². The minimum Gasteiger partial charge on any atom is -0.490 e. The quantitative estimate of drug-likeness (QED) is 0.149. The van der Waals surface area contributed by atoms with Crippen LogP contribution in [-0.2, 0) is 53.3 Å². The summed E-state index contributed by atoms with van der Waals surface area (Å²) in [5.41, 5.74) is 6.72. The largest absolute Gasteiger partial charge is 0.490 e. The van der Waals surface area contributed by atoms with E-state index in [0.717, 1.165) is 137 Å². The second kappa shape index (κ2) is 26.9. The van der Waals surface area contributed by atoms with E-state index in [4.69, 9.17) is 32.7 Å². The van der Waals surface area contributed by atoms with Crippen molar-refractivity contribution in [3.8, 4) is 11.5 Å². The first-order valence-corrected chi connectivity index (χ1v) is 35.9. The third kappa shape index (κ3) is 14.4. The second-order valence-corrected chi connectivity index (χ2v) is 32.6. The standard InChI is InChI=1S/2C34H43ClN2O6S.CH4/c2*1-21-14-23(15-32(38)39)5-6-24-7-8-27(24)18-37-19-34(13-3-4-25-16-28(35)10-11-29(25)34)20-43-31-12-9-26(17-30(31)37)33(40)36-44(41,42)22(21)2;/h2*9-12,16-17,21-24,27H,3-8,13-15,18-20H2,1-2H3,(H,36,40)(H,38,39);1H4/t21-,22+,23+,24+,27-,34-;21-,22+,23-,24+,27-,34-;/m00./s1. The van der Waals surface area contributed by atoms with Crippen molar-refractivity contribution in [2.75, 3.05) is 49.2 Å². The van der Waals surface area contributed by atoms with E-state index in [-0.39, 0.29) is 65.9 Å². The molecule has 8 aliphatic rings. The number of hydrogen-bond donors (Lipinski definition) is 4. The van der Waals surface area contributed by atoms with Gasteiger partial charge in [0.05, 0.1) is 35.1 Å². The van der Waals surface area contributed by atoms with Gasteiger partial charge in [-0.1, -0.05) is 56.6 Å². The third-order valence-electron chi connectivity index (χ3n) is 21.9. The molecule has 4 bridgehead atoms. The van der Waals surface area contributed by atoms with Crippen LogP contribution in [0.5, 0.6) is 11.5 Å². The number of halogens is 2. The number of carboxylic acid groups (broad SMARTS) is 2. The van der Waals surface area contributed by atoms with Gasteiger partial charge in [-0.05, 0) is 247 Å². The maximum atomic E-state index is 13.4. The summed E-state index contributed by atoms with van der Waals surface area (Å²) in [6.07, 6.45) is 14.7. The van der Waals surface area contributed by atoms with Gasteiger partial charge >= 0.3 is 11.9 Å². The molecule has 0 saturated heterocycles. The Hall–Kier alpha value is -5.56. The van der Waals surface area contributed by atoms with E-state index < -0.39 is 54.3 Å². The van der Waals surface area contributed by atoms with Crippen LogP contribution in [0.1, 0.15) is 181 Å². The summed E-state index contributed by atoms with van der Waals surface area (Å²) in [7, 11) is -8.00. The van der Waals surface area contributed by atoms with Crippen molar-refractivity contribution in [3.05, 3.63) is 116 Å². The number of aryl methyl sites for hydroxylation is 2. The first-order valence-electron chi connectivity index (χ1n) is 32.0. The van der Waals surface area contributed by atoms with Crippen LogP contribution in [-0.4, -0.2) is 101 Å². The minimum absolute atomic E-state index is 0. The summed E-state index contributed by atoms with van der Waals surface area (Å²) in [4.78, 5) is 55.1. The van der Waals surface area contributed by atoms with Crippen LogP contribution in [0.4, 0.5) is 11.4 Å². The highest BCUT2D eigenvalue weighted by Gasteiger charge is 2.46. The Morgan fingerprint density at radius 2 is 0.944 bits per heavy atom. The number of carboxylic acids is 2. The van der Waals surface area contributed by atoms with Gasteiger partial charge in [-0.2, -0.15) is 0 Å². The number of sulfonamides is 2. The highest BCUT2D eigenvalue weighted by Crippen LogP contribution is 2.50. The predicted molar refractivity (Wildman–Crippen MR) is 349 cm³/mol. The maximum absolute atomic E-state index is 13.4. The number of anilines is 2. The topological polar surface area (TPSA) is 226 Å². The van der Waals surface area contributed by atoms with Gasteiger partial charge in [-0.15, -0.1) is 0 Å². The van der Waals surface area contributed by atoms with E-state index in [1.165, 1.54) is 22.3 Å². The molecule has 89 heavy (non-hydrogen) atoms. The summed E-state index contributed by atoms with van der Waals surface area (Å²) in [5.74, 6) is -0.686. The summed E-state index contributed by atoms with van der Waals surface area (Å²) in [5, 5.41) is 19.0.